The van der Waals surface area contributed by atoms with Crippen LogP contribution >= 0.6 is 11.8 Å². The Balaban J connectivity index is 1.53. The molecule has 3 heteroatoms. The highest BCUT2D eigenvalue weighted by Crippen LogP contribution is 2.39. The maximum Gasteiger partial charge on any atom is 0.0928 e. The first-order valence-corrected chi connectivity index (χ1v) is 14.2. The van der Waals surface area contributed by atoms with Gasteiger partial charge in [-0.3, -0.25) is 0 Å². The third-order valence-electron chi connectivity index (χ3n) is 6.58. The van der Waals surface area contributed by atoms with E-state index in [0.717, 1.165) is 23.7 Å². The van der Waals surface area contributed by atoms with Crippen LogP contribution in [0.15, 0.2) is 0 Å². The summed E-state index contributed by atoms with van der Waals surface area (Å²) in [5.74, 6) is 0. The molecule has 172 valence electrons. The molecule has 29 heavy (non-hydrogen) atoms. The number of hydrogen-bond donors (Lipinski definition) is 0. The standard InChI is InChI=1S/C26H50O2S/c1-3-5-7-9-11-13-15-17-19-25(23-21-27-23)29-26(24-22-28-24)20-18-16-14-12-10-8-6-4-2/h23-26H,3-22H2,1-2H3. The quantitative estimate of drug-likeness (QED) is 0.128. The molecule has 2 nitrogen and oxygen atoms in total. The first-order valence-electron chi connectivity index (χ1n) is 13.2. The van der Waals surface area contributed by atoms with Crippen LogP contribution in [-0.2, 0) is 9.47 Å². The van der Waals surface area contributed by atoms with E-state index in [-0.39, 0.29) is 0 Å². The number of rotatable bonds is 22. The molecule has 0 aromatic rings. The summed E-state index contributed by atoms with van der Waals surface area (Å²) in [4.78, 5) is 0. The molecule has 0 aromatic carbocycles. The minimum absolute atomic E-state index is 0.546. The molecule has 2 saturated heterocycles. The van der Waals surface area contributed by atoms with Gasteiger partial charge in [-0.15, -0.1) is 11.8 Å². The lowest BCUT2D eigenvalue weighted by atomic mass is 10.1. The van der Waals surface area contributed by atoms with Gasteiger partial charge in [0.15, 0.2) is 0 Å². The normalized spacial score (nSPS) is 22.6. The first kappa shape index (κ1) is 25.5. The van der Waals surface area contributed by atoms with Crippen molar-refractivity contribution in [2.45, 2.75) is 152 Å². The lowest BCUT2D eigenvalue weighted by Gasteiger charge is -2.21. The van der Waals surface area contributed by atoms with E-state index in [2.05, 4.69) is 25.6 Å². The maximum absolute atomic E-state index is 5.72. The van der Waals surface area contributed by atoms with Gasteiger partial charge in [0.25, 0.3) is 0 Å². The molecule has 0 N–H and O–H groups in total. The molecule has 2 heterocycles. The largest absolute Gasteiger partial charge is 0.372 e. The van der Waals surface area contributed by atoms with Crippen molar-refractivity contribution in [2.75, 3.05) is 13.2 Å². The van der Waals surface area contributed by atoms with Crippen LogP contribution in [0.25, 0.3) is 0 Å². The second-order valence-corrected chi connectivity index (χ2v) is 11.0. The Labute approximate surface area is 186 Å². The van der Waals surface area contributed by atoms with Crippen LogP contribution < -0.4 is 0 Å². The molecule has 0 amide bonds. The van der Waals surface area contributed by atoms with E-state index in [0.29, 0.717) is 12.2 Å². The highest BCUT2D eigenvalue weighted by atomic mass is 32.2. The number of ether oxygens (including phenoxy) is 2. The van der Waals surface area contributed by atoms with Crippen LogP contribution in [-0.4, -0.2) is 35.9 Å². The fourth-order valence-corrected chi connectivity index (χ4v) is 6.13. The molecule has 4 atom stereocenters. The van der Waals surface area contributed by atoms with Crippen LogP contribution in [0.3, 0.4) is 0 Å². The van der Waals surface area contributed by atoms with Crippen molar-refractivity contribution >= 4 is 11.8 Å². The average Bonchev–Trinajstić information content (AvgIpc) is 3.62. The van der Waals surface area contributed by atoms with Gasteiger partial charge in [-0.25, -0.2) is 0 Å². The van der Waals surface area contributed by atoms with Crippen molar-refractivity contribution in [3.05, 3.63) is 0 Å². The smallest absolute Gasteiger partial charge is 0.0928 e. The monoisotopic (exact) mass is 426 g/mol. The van der Waals surface area contributed by atoms with Crippen molar-refractivity contribution in [3.8, 4) is 0 Å². The molecule has 0 spiro atoms. The molecule has 0 bridgehead atoms. The van der Waals surface area contributed by atoms with E-state index < -0.39 is 0 Å². The molecule has 2 aliphatic rings. The Morgan fingerprint density at radius 3 is 1.17 bits per heavy atom. The minimum Gasteiger partial charge on any atom is -0.372 e. The average molecular weight is 427 g/mol. The van der Waals surface area contributed by atoms with E-state index in [1.807, 2.05) is 0 Å². The molecule has 4 unspecified atom stereocenters. The Bertz CT molecular complexity index is 334. The Kier molecular flexibility index (Phi) is 14.9. The summed E-state index contributed by atoms with van der Waals surface area (Å²) < 4.78 is 11.4. The van der Waals surface area contributed by atoms with E-state index in [9.17, 15) is 0 Å². The van der Waals surface area contributed by atoms with Crippen molar-refractivity contribution in [1.29, 1.82) is 0 Å². The number of hydrogen-bond acceptors (Lipinski definition) is 3. The number of unbranched alkanes of at least 4 members (excludes halogenated alkanes) is 14. The molecule has 0 aromatic heterocycles. The first-order chi connectivity index (χ1) is 14.3. The van der Waals surface area contributed by atoms with Gasteiger partial charge in [0.05, 0.1) is 25.4 Å². The van der Waals surface area contributed by atoms with Crippen molar-refractivity contribution in [1.82, 2.24) is 0 Å². The number of thioether (sulfide) groups is 1. The second kappa shape index (κ2) is 16.9. The Morgan fingerprint density at radius 2 is 0.862 bits per heavy atom. The van der Waals surface area contributed by atoms with E-state index in [4.69, 9.17) is 9.47 Å². The maximum atomic E-state index is 5.72. The minimum atomic E-state index is 0.546. The predicted octanol–water partition coefficient (Wildman–Crippen LogP) is 8.32. The van der Waals surface area contributed by atoms with Crippen LogP contribution in [0.5, 0.6) is 0 Å². The SMILES string of the molecule is CCCCCCCCCCC(SC(CCCCCCCCCC)C1CO1)C1CO1. The summed E-state index contributed by atoms with van der Waals surface area (Å²) in [7, 11) is 0. The molecular formula is C26H50O2S. The van der Waals surface area contributed by atoms with Gasteiger partial charge in [0.1, 0.15) is 0 Å². The fourth-order valence-electron chi connectivity index (χ4n) is 4.41. The third-order valence-corrected chi connectivity index (χ3v) is 8.36. The zero-order chi connectivity index (χ0) is 20.6. The summed E-state index contributed by atoms with van der Waals surface area (Å²) in [6, 6.07) is 0. The van der Waals surface area contributed by atoms with E-state index >= 15 is 0 Å². The van der Waals surface area contributed by atoms with E-state index in [1.54, 1.807) is 0 Å². The summed E-state index contributed by atoms with van der Waals surface area (Å²) in [5, 5.41) is 1.44. The van der Waals surface area contributed by atoms with Gasteiger partial charge in [-0.05, 0) is 12.8 Å². The second-order valence-electron chi connectivity index (χ2n) is 9.48. The van der Waals surface area contributed by atoms with Gasteiger partial charge < -0.3 is 9.47 Å². The zero-order valence-electron chi connectivity index (χ0n) is 19.7. The van der Waals surface area contributed by atoms with Gasteiger partial charge in [-0.1, -0.05) is 117 Å². The van der Waals surface area contributed by atoms with Gasteiger partial charge in [-0.2, -0.15) is 0 Å². The van der Waals surface area contributed by atoms with Crippen LogP contribution in [0.4, 0.5) is 0 Å². The van der Waals surface area contributed by atoms with Crippen LogP contribution in [0.1, 0.15) is 129 Å². The lowest BCUT2D eigenvalue weighted by molar-refractivity contribution is 0.383. The van der Waals surface area contributed by atoms with Crippen LogP contribution in [0, 0.1) is 0 Å². The van der Waals surface area contributed by atoms with Gasteiger partial charge in [0, 0.05) is 10.5 Å². The molecule has 2 rings (SSSR count). The van der Waals surface area contributed by atoms with Crippen LogP contribution in [0.2, 0.25) is 0 Å². The summed E-state index contributed by atoms with van der Waals surface area (Å²) in [5.41, 5.74) is 0. The molecule has 2 aliphatic heterocycles. The van der Waals surface area contributed by atoms with E-state index in [1.165, 1.54) is 116 Å². The number of epoxide rings is 2. The topological polar surface area (TPSA) is 25.1 Å². The predicted molar refractivity (Wildman–Crippen MR) is 129 cm³/mol. The third kappa shape index (κ3) is 13.3. The van der Waals surface area contributed by atoms with Crippen molar-refractivity contribution in [3.63, 3.8) is 0 Å². The molecular weight excluding hydrogens is 376 g/mol. The van der Waals surface area contributed by atoms with Crippen molar-refractivity contribution in [2.24, 2.45) is 0 Å². The lowest BCUT2D eigenvalue weighted by Crippen LogP contribution is -2.20. The Hall–Kier alpha value is 0.270. The Morgan fingerprint density at radius 1 is 0.552 bits per heavy atom. The zero-order valence-corrected chi connectivity index (χ0v) is 20.5. The fraction of sp³-hybridized carbons (Fsp3) is 1.00. The molecule has 0 radical (unpaired) electrons. The molecule has 0 saturated carbocycles. The summed E-state index contributed by atoms with van der Waals surface area (Å²) in [6.07, 6.45) is 26.4. The van der Waals surface area contributed by atoms with Gasteiger partial charge in [0.2, 0.25) is 0 Å². The molecule has 0 aliphatic carbocycles. The summed E-state index contributed by atoms with van der Waals surface area (Å²) in [6.45, 7) is 6.61. The highest BCUT2D eigenvalue weighted by Gasteiger charge is 2.39. The molecule has 2 fully saturated rings. The summed E-state index contributed by atoms with van der Waals surface area (Å²) >= 11 is 2.23. The highest BCUT2D eigenvalue weighted by molar-refractivity contribution is 8.00. The van der Waals surface area contributed by atoms with Gasteiger partial charge >= 0.3 is 0 Å². The van der Waals surface area contributed by atoms with Crippen molar-refractivity contribution < 1.29 is 9.47 Å².